The predicted molar refractivity (Wildman–Crippen MR) is 45.2 cm³/mol. The lowest BCUT2D eigenvalue weighted by Gasteiger charge is -2.22. The van der Waals surface area contributed by atoms with Crippen molar-refractivity contribution in [2.75, 3.05) is 0 Å². The molecule has 0 N–H and O–H groups in total. The fraction of sp³-hybridized carbons (Fsp3) is 0.571. The number of aromatic nitrogens is 3. The van der Waals surface area contributed by atoms with Gasteiger partial charge in [0.15, 0.2) is 0 Å². The van der Waals surface area contributed by atoms with Crippen molar-refractivity contribution < 1.29 is 4.79 Å². The van der Waals surface area contributed by atoms with Crippen molar-refractivity contribution in [2.24, 2.45) is 7.05 Å². The van der Waals surface area contributed by atoms with Crippen LogP contribution in [0.3, 0.4) is 0 Å². The number of ketones is 1. The Balaban J connectivity index is 0.000000720. The highest BCUT2D eigenvalue weighted by atomic mass is 35.5. The molecule has 4 nitrogen and oxygen atoms in total. The molecule has 0 radical (unpaired) electrons. The van der Waals surface area contributed by atoms with Crippen LogP contribution in [0.4, 0.5) is 0 Å². The lowest BCUT2D eigenvalue weighted by Crippen LogP contribution is -2.23. The maximum atomic E-state index is 10.7. The SMILES string of the molecule is Cl.Cn1cnnc1C1CC(=O)C1. The van der Waals surface area contributed by atoms with Gasteiger partial charge >= 0.3 is 0 Å². The summed E-state index contributed by atoms with van der Waals surface area (Å²) in [6, 6.07) is 0. The highest BCUT2D eigenvalue weighted by Crippen LogP contribution is 2.31. The van der Waals surface area contributed by atoms with Crippen LogP contribution in [0, 0.1) is 0 Å². The topological polar surface area (TPSA) is 47.8 Å². The molecule has 1 saturated carbocycles. The lowest BCUT2D eigenvalue weighted by atomic mass is 9.83. The van der Waals surface area contributed by atoms with Gasteiger partial charge in [-0.2, -0.15) is 0 Å². The summed E-state index contributed by atoms with van der Waals surface area (Å²) < 4.78 is 1.87. The zero-order valence-electron chi connectivity index (χ0n) is 6.73. The molecule has 1 aromatic heterocycles. The van der Waals surface area contributed by atoms with Crippen LogP contribution in [0.1, 0.15) is 24.6 Å². The van der Waals surface area contributed by atoms with E-state index in [1.807, 2.05) is 11.6 Å². The van der Waals surface area contributed by atoms with Gasteiger partial charge in [0, 0.05) is 25.8 Å². The minimum Gasteiger partial charge on any atom is -0.320 e. The Bertz CT molecular complexity index is 289. The summed E-state index contributed by atoms with van der Waals surface area (Å²) in [6.07, 6.45) is 2.96. The second-order valence-corrected chi connectivity index (χ2v) is 2.94. The van der Waals surface area contributed by atoms with E-state index in [2.05, 4.69) is 10.2 Å². The molecular formula is C7H10ClN3O. The Morgan fingerprint density at radius 2 is 2.25 bits per heavy atom. The van der Waals surface area contributed by atoms with Crippen LogP contribution in [0.15, 0.2) is 6.33 Å². The first-order valence-electron chi connectivity index (χ1n) is 3.63. The van der Waals surface area contributed by atoms with E-state index in [4.69, 9.17) is 0 Å². The number of halogens is 1. The summed E-state index contributed by atoms with van der Waals surface area (Å²) >= 11 is 0. The number of aryl methyl sites for hydroxylation is 1. The van der Waals surface area contributed by atoms with E-state index in [0.717, 1.165) is 5.82 Å². The van der Waals surface area contributed by atoms with Crippen LogP contribution in [0.25, 0.3) is 0 Å². The van der Waals surface area contributed by atoms with Gasteiger partial charge in [-0.25, -0.2) is 0 Å². The summed E-state index contributed by atoms with van der Waals surface area (Å²) in [6.45, 7) is 0. The number of rotatable bonds is 1. The molecule has 1 aliphatic rings. The normalized spacial score (nSPS) is 16.9. The number of carbonyl (C=O) groups excluding carboxylic acids is 1. The smallest absolute Gasteiger partial charge is 0.136 e. The quantitative estimate of drug-likeness (QED) is 0.650. The van der Waals surface area contributed by atoms with Crippen LogP contribution in [-0.2, 0) is 11.8 Å². The maximum absolute atomic E-state index is 10.7. The Morgan fingerprint density at radius 3 is 2.67 bits per heavy atom. The molecule has 0 atom stereocenters. The van der Waals surface area contributed by atoms with E-state index in [1.165, 1.54) is 0 Å². The molecule has 0 bridgehead atoms. The predicted octanol–water partition coefficient (Wildman–Crippen LogP) is 0.683. The van der Waals surface area contributed by atoms with E-state index in [0.29, 0.717) is 24.5 Å². The van der Waals surface area contributed by atoms with Gasteiger partial charge in [-0.3, -0.25) is 4.79 Å². The summed E-state index contributed by atoms with van der Waals surface area (Å²) in [7, 11) is 1.90. The number of hydrogen-bond acceptors (Lipinski definition) is 3. The number of hydrogen-bond donors (Lipinski definition) is 0. The standard InChI is InChI=1S/C7H9N3O.ClH/c1-10-4-8-9-7(10)5-2-6(11)3-5;/h4-5H,2-3H2,1H3;1H. The molecule has 0 amide bonds. The first kappa shape index (κ1) is 9.19. The van der Waals surface area contributed by atoms with Gasteiger partial charge in [0.25, 0.3) is 0 Å². The highest BCUT2D eigenvalue weighted by Gasteiger charge is 2.30. The minimum atomic E-state index is 0. The number of nitrogens with zero attached hydrogens (tertiary/aromatic N) is 3. The van der Waals surface area contributed by atoms with Crippen molar-refractivity contribution in [1.82, 2.24) is 14.8 Å². The average molecular weight is 188 g/mol. The molecule has 0 aromatic carbocycles. The van der Waals surface area contributed by atoms with Gasteiger partial charge in [0.1, 0.15) is 17.9 Å². The van der Waals surface area contributed by atoms with Crippen molar-refractivity contribution in [1.29, 1.82) is 0 Å². The minimum absolute atomic E-state index is 0. The third-order valence-corrected chi connectivity index (χ3v) is 2.06. The second-order valence-electron chi connectivity index (χ2n) is 2.94. The summed E-state index contributed by atoms with van der Waals surface area (Å²) in [5.41, 5.74) is 0. The molecule has 2 rings (SSSR count). The highest BCUT2D eigenvalue weighted by molar-refractivity contribution is 5.86. The fourth-order valence-corrected chi connectivity index (χ4v) is 1.33. The van der Waals surface area contributed by atoms with Gasteiger partial charge in [-0.05, 0) is 0 Å². The molecule has 0 unspecified atom stereocenters. The average Bonchev–Trinajstić information content (AvgIpc) is 2.29. The van der Waals surface area contributed by atoms with Gasteiger partial charge < -0.3 is 4.57 Å². The zero-order valence-corrected chi connectivity index (χ0v) is 7.54. The van der Waals surface area contributed by atoms with Gasteiger partial charge in [0.2, 0.25) is 0 Å². The van der Waals surface area contributed by atoms with Crippen LogP contribution in [0.2, 0.25) is 0 Å². The third kappa shape index (κ3) is 1.34. The molecule has 5 heteroatoms. The molecule has 0 spiro atoms. The van der Waals surface area contributed by atoms with E-state index in [1.54, 1.807) is 6.33 Å². The summed E-state index contributed by atoms with van der Waals surface area (Å²) in [5, 5.41) is 7.68. The Hall–Kier alpha value is -0.900. The van der Waals surface area contributed by atoms with E-state index < -0.39 is 0 Å². The summed E-state index contributed by atoms with van der Waals surface area (Å²) in [5.74, 6) is 1.60. The molecule has 1 fully saturated rings. The van der Waals surface area contributed by atoms with Crippen molar-refractivity contribution >= 4 is 18.2 Å². The van der Waals surface area contributed by atoms with Crippen molar-refractivity contribution in [3.63, 3.8) is 0 Å². The molecule has 0 saturated heterocycles. The van der Waals surface area contributed by atoms with Crippen LogP contribution >= 0.6 is 12.4 Å². The largest absolute Gasteiger partial charge is 0.320 e. The molecule has 1 aliphatic carbocycles. The van der Waals surface area contributed by atoms with Crippen molar-refractivity contribution in [2.45, 2.75) is 18.8 Å². The molecule has 1 heterocycles. The van der Waals surface area contributed by atoms with E-state index in [-0.39, 0.29) is 12.4 Å². The van der Waals surface area contributed by atoms with Gasteiger partial charge in [0.05, 0.1) is 0 Å². The molecular weight excluding hydrogens is 178 g/mol. The molecule has 1 aromatic rings. The Labute approximate surface area is 76.4 Å². The zero-order chi connectivity index (χ0) is 7.84. The fourth-order valence-electron chi connectivity index (χ4n) is 1.33. The Morgan fingerprint density at radius 1 is 1.58 bits per heavy atom. The van der Waals surface area contributed by atoms with Crippen molar-refractivity contribution in [3.05, 3.63) is 12.2 Å². The first-order valence-corrected chi connectivity index (χ1v) is 3.63. The van der Waals surface area contributed by atoms with Crippen molar-refractivity contribution in [3.8, 4) is 0 Å². The van der Waals surface area contributed by atoms with Gasteiger partial charge in [-0.15, -0.1) is 22.6 Å². The first-order chi connectivity index (χ1) is 5.27. The summed E-state index contributed by atoms with van der Waals surface area (Å²) in [4.78, 5) is 10.7. The van der Waals surface area contributed by atoms with Gasteiger partial charge in [-0.1, -0.05) is 0 Å². The van der Waals surface area contributed by atoms with Crippen LogP contribution in [0.5, 0.6) is 0 Å². The van der Waals surface area contributed by atoms with E-state index >= 15 is 0 Å². The van der Waals surface area contributed by atoms with Crippen LogP contribution in [-0.4, -0.2) is 20.5 Å². The molecule has 0 aliphatic heterocycles. The Kier molecular flexibility index (Phi) is 2.47. The maximum Gasteiger partial charge on any atom is 0.136 e. The van der Waals surface area contributed by atoms with E-state index in [9.17, 15) is 4.79 Å². The number of carbonyl (C=O) groups is 1. The van der Waals surface area contributed by atoms with Crippen LogP contribution < -0.4 is 0 Å². The third-order valence-electron chi connectivity index (χ3n) is 2.06. The molecule has 12 heavy (non-hydrogen) atoms. The number of Topliss-reactive ketones (excluding diaryl/α,β-unsaturated/α-hetero) is 1. The molecule has 66 valence electrons. The monoisotopic (exact) mass is 187 g/mol. The lowest BCUT2D eigenvalue weighted by molar-refractivity contribution is -0.124. The second kappa shape index (κ2) is 3.23.